The summed E-state index contributed by atoms with van der Waals surface area (Å²) < 4.78 is 19.3. The standard InChI is InChI=1S/C17H24FNO/c1-5-6-11(2)9-15(19-4)17-12(3)14-10-13(18)7-8-16(14)20-17/h7-8,10-11,15,19H,5-6,9H2,1-4H3. The van der Waals surface area contributed by atoms with Crippen LogP contribution in [0.3, 0.4) is 0 Å². The molecule has 0 radical (unpaired) electrons. The third-order valence-corrected chi connectivity index (χ3v) is 4.02. The van der Waals surface area contributed by atoms with Crippen molar-refractivity contribution in [2.45, 2.75) is 46.1 Å². The largest absolute Gasteiger partial charge is 0.459 e. The van der Waals surface area contributed by atoms with Crippen molar-refractivity contribution in [1.82, 2.24) is 5.32 Å². The molecular weight excluding hydrogens is 253 g/mol. The lowest BCUT2D eigenvalue weighted by Gasteiger charge is -2.19. The summed E-state index contributed by atoms with van der Waals surface area (Å²) in [6.07, 6.45) is 3.45. The lowest BCUT2D eigenvalue weighted by molar-refractivity contribution is 0.361. The van der Waals surface area contributed by atoms with Gasteiger partial charge in [0.15, 0.2) is 0 Å². The van der Waals surface area contributed by atoms with Crippen LogP contribution in [0.15, 0.2) is 22.6 Å². The Kier molecular flexibility index (Phi) is 4.81. The number of nitrogens with one attached hydrogen (secondary N) is 1. The monoisotopic (exact) mass is 277 g/mol. The lowest BCUT2D eigenvalue weighted by atomic mass is 9.94. The van der Waals surface area contributed by atoms with E-state index >= 15 is 0 Å². The first-order chi connectivity index (χ1) is 9.56. The number of furan rings is 1. The zero-order chi connectivity index (χ0) is 14.7. The van der Waals surface area contributed by atoms with Crippen LogP contribution in [0.1, 0.15) is 50.5 Å². The van der Waals surface area contributed by atoms with Gasteiger partial charge in [0, 0.05) is 10.9 Å². The summed E-state index contributed by atoms with van der Waals surface area (Å²) in [4.78, 5) is 0. The molecule has 1 N–H and O–H groups in total. The van der Waals surface area contributed by atoms with Crippen molar-refractivity contribution >= 4 is 11.0 Å². The minimum Gasteiger partial charge on any atom is -0.459 e. The number of hydrogen-bond donors (Lipinski definition) is 1. The molecule has 0 amide bonds. The lowest BCUT2D eigenvalue weighted by Crippen LogP contribution is -2.19. The van der Waals surface area contributed by atoms with Gasteiger partial charge in [-0.2, -0.15) is 0 Å². The minimum absolute atomic E-state index is 0.187. The van der Waals surface area contributed by atoms with E-state index in [0.29, 0.717) is 5.92 Å². The Balaban J connectivity index is 2.32. The first-order valence-electron chi connectivity index (χ1n) is 7.42. The van der Waals surface area contributed by atoms with Crippen LogP contribution >= 0.6 is 0 Å². The van der Waals surface area contributed by atoms with Crippen LogP contribution in [0.5, 0.6) is 0 Å². The molecule has 0 saturated heterocycles. The second-order valence-electron chi connectivity index (χ2n) is 5.70. The van der Waals surface area contributed by atoms with Gasteiger partial charge in [-0.25, -0.2) is 4.39 Å². The van der Waals surface area contributed by atoms with Crippen LogP contribution in [-0.2, 0) is 0 Å². The number of benzene rings is 1. The first-order valence-corrected chi connectivity index (χ1v) is 7.42. The molecule has 20 heavy (non-hydrogen) atoms. The van der Waals surface area contributed by atoms with Gasteiger partial charge in [-0.3, -0.25) is 0 Å². The number of rotatable bonds is 6. The van der Waals surface area contributed by atoms with Gasteiger partial charge in [0.2, 0.25) is 0 Å². The van der Waals surface area contributed by atoms with Gasteiger partial charge < -0.3 is 9.73 Å². The maximum Gasteiger partial charge on any atom is 0.134 e. The van der Waals surface area contributed by atoms with E-state index in [4.69, 9.17) is 4.42 Å². The van der Waals surface area contributed by atoms with Gasteiger partial charge in [-0.1, -0.05) is 26.7 Å². The summed E-state index contributed by atoms with van der Waals surface area (Å²) in [5, 5.41) is 4.21. The van der Waals surface area contributed by atoms with Gasteiger partial charge in [-0.15, -0.1) is 0 Å². The Labute approximate surface area is 120 Å². The number of hydrogen-bond acceptors (Lipinski definition) is 2. The molecule has 0 fully saturated rings. The van der Waals surface area contributed by atoms with Crippen LogP contribution in [0.25, 0.3) is 11.0 Å². The Morgan fingerprint density at radius 3 is 2.75 bits per heavy atom. The third kappa shape index (κ3) is 3.04. The summed E-state index contributed by atoms with van der Waals surface area (Å²) in [5.74, 6) is 1.37. The second-order valence-corrected chi connectivity index (χ2v) is 5.70. The van der Waals surface area contributed by atoms with E-state index in [1.165, 1.54) is 18.9 Å². The summed E-state index contributed by atoms with van der Waals surface area (Å²) in [7, 11) is 1.95. The average Bonchev–Trinajstić information content (AvgIpc) is 2.74. The topological polar surface area (TPSA) is 25.2 Å². The summed E-state index contributed by atoms with van der Waals surface area (Å²) in [5.41, 5.74) is 1.81. The highest BCUT2D eigenvalue weighted by atomic mass is 19.1. The summed E-state index contributed by atoms with van der Waals surface area (Å²) >= 11 is 0. The molecule has 0 spiro atoms. The SMILES string of the molecule is CCCC(C)CC(NC)c1oc2ccc(F)cc2c1C. The van der Waals surface area contributed by atoms with Crippen LogP contribution in [0.4, 0.5) is 4.39 Å². The van der Waals surface area contributed by atoms with Gasteiger partial charge in [-0.05, 0) is 44.5 Å². The highest BCUT2D eigenvalue weighted by molar-refractivity contribution is 5.82. The summed E-state index contributed by atoms with van der Waals surface area (Å²) in [6, 6.07) is 4.90. The van der Waals surface area contributed by atoms with Crippen molar-refractivity contribution in [2.24, 2.45) is 5.92 Å². The van der Waals surface area contributed by atoms with Crippen molar-refractivity contribution in [3.63, 3.8) is 0 Å². The predicted molar refractivity (Wildman–Crippen MR) is 81.4 cm³/mol. The van der Waals surface area contributed by atoms with Crippen molar-refractivity contribution < 1.29 is 8.81 Å². The maximum absolute atomic E-state index is 13.4. The molecule has 110 valence electrons. The molecule has 0 aliphatic rings. The van der Waals surface area contributed by atoms with Crippen LogP contribution in [-0.4, -0.2) is 7.05 Å². The zero-order valence-corrected chi connectivity index (χ0v) is 12.8. The van der Waals surface area contributed by atoms with Gasteiger partial charge in [0.25, 0.3) is 0 Å². The summed E-state index contributed by atoms with van der Waals surface area (Å²) in [6.45, 7) is 6.49. The Bertz CT molecular complexity index is 576. The molecule has 0 saturated carbocycles. The van der Waals surface area contributed by atoms with Gasteiger partial charge in [0.05, 0.1) is 6.04 Å². The Morgan fingerprint density at radius 2 is 2.10 bits per heavy atom. The minimum atomic E-state index is -0.215. The molecule has 2 nitrogen and oxygen atoms in total. The van der Waals surface area contributed by atoms with Crippen LogP contribution in [0.2, 0.25) is 0 Å². The molecule has 1 aromatic carbocycles. The molecule has 1 heterocycles. The molecule has 2 atom stereocenters. The van der Waals surface area contributed by atoms with E-state index in [2.05, 4.69) is 19.2 Å². The molecule has 3 heteroatoms. The van der Waals surface area contributed by atoms with Crippen molar-refractivity contribution in [3.05, 3.63) is 35.3 Å². The Hall–Kier alpha value is -1.35. The van der Waals surface area contributed by atoms with E-state index in [1.807, 2.05) is 14.0 Å². The number of fused-ring (bicyclic) bond motifs is 1. The first kappa shape index (κ1) is 15.0. The van der Waals surface area contributed by atoms with Crippen LogP contribution < -0.4 is 5.32 Å². The Morgan fingerprint density at radius 1 is 1.35 bits per heavy atom. The van der Waals surface area contributed by atoms with E-state index < -0.39 is 0 Å². The fourth-order valence-electron chi connectivity index (χ4n) is 2.91. The predicted octanol–water partition coefficient (Wildman–Crippen LogP) is 4.97. The fourth-order valence-corrected chi connectivity index (χ4v) is 2.91. The van der Waals surface area contributed by atoms with Crippen molar-refractivity contribution in [3.8, 4) is 0 Å². The molecule has 1 aromatic heterocycles. The maximum atomic E-state index is 13.4. The van der Waals surface area contributed by atoms with Gasteiger partial charge >= 0.3 is 0 Å². The van der Waals surface area contributed by atoms with E-state index in [9.17, 15) is 4.39 Å². The van der Waals surface area contributed by atoms with E-state index in [0.717, 1.165) is 28.7 Å². The van der Waals surface area contributed by atoms with Gasteiger partial charge in [0.1, 0.15) is 17.2 Å². The van der Waals surface area contributed by atoms with Crippen molar-refractivity contribution in [2.75, 3.05) is 7.05 Å². The molecule has 2 aromatic rings. The molecule has 2 rings (SSSR count). The molecular formula is C17H24FNO. The quantitative estimate of drug-likeness (QED) is 0.806. The van der Waals surface area contributed by atoms with Crippen LogP contribution in [0, 0.1) is 18.7 Å². The zero-order valence-electron chi connectivity index (χ0n) is 12.8. The smallest absolute Gasteiger partial charge is 0.134 e. The third-order valence-electron chi connectivity index (χ3n) is 4.02. The van der Waals surface area contributed by atoms with E-state index in [1.54, 1.807) is 12.1 Å². The molecule has 0 aliphatic heterocycles. The number of aryl methyl sites for hydroxylation is 1. The highest BCUT2D eigenvalue weighted by Crippen LogP contribution is 2.33. The second kappa shape index (κ2) is 6.40. The average molecular weight is 277 g/mol. The van der Waals surface area contributed by atoms with Crippen molar-refractivity contribution in [1.29, 1.82) is 0 Å². The molecule has 0 bridgehead atoms. The molecule has 0 aliphatic carbocycles. The van der Waals surface area contributed by atoms with E-state index in [-0.39, 0.29) is 11.9 Å². The number of halogens is 1. The highest BCUT2D eigenvalue weighted by Gasteiger charge is 2.21. The normalized spacial score (nSPS) is 14.7. The fraction of sp³-hybridized carbons (Fsp3) is 0.529. The molecule has 2 unspecified atom stereocenters.